The van der Waals surface area contributed by atoms with Gasteiger partial charge in [0.1, 0.15) is 11.5 Å². The lowest BCUT2D eigenvalue weighted by molar-refractivity contribution is 0.0298. The van der Waals surface area contributed by atoms with Crippen molar-refractivity contribution in [1.29, 1.82) is 0 Å². The van der Waals surface area contributed by atoms with Gasteiger partial charge in [-0.25, -0.2) is 9.97 Å². The minimum atomic E-state index is -0.0679. The molecule has 1 aromatic heterocycles. The highest BCUT2D eigenvalue weighted by atomic mass is 16.5. The largest absolute Gasteiger partial charge is 0.378 e. The third-order valence-electron chi connectivity index (χ3n) is 5.13. The van der Waals surface area contributed by atoms with Crippen LogP contribution >= 0.6 is 0 Å². The van der Waals surface area contributed by atoms with Crippen molar-refractivity contribution >= 4 is 17.4 Å². The van der Waals surface area contributed by atoms with Crippen molar-refractivity contribution in [1.82, 2.24) is 14.9 Å². The molecule has 2 saturated heterocycles. The zero-order chi connectivity index (χ0) is 18.6. The van der Waals surface area contributed by atoms with Crippen LogP contribution in [-0.2, 0) is 4.74 Å². The SMILES string of the molecule is Cc1cccc(N2CCN(c3cnc(C(=O)N4CCOCC4)cn3)CC2)c1. The number of benzene rings is 1. The number of anilines is 2. The predicted octanol–water partition coefficient (Wildman–Crippen LogP) is 1.58. The summed E-state index contributed by atoms with van der Waals surface area (Å²) in [7, 11) is 0. The molecule has 27 heavy (non-hydrogen) atoms. The highest BCUT2D eigenvalue weighted by Gasteiger charge is 2.22. The Kier molecular flexibility index (Phi) is 5.20. The molecule has 1 amide bonds. The highest BCUT2D eigenvalue weighted by molar-refractivity contribution is 5.92. The predicted molar refractivity (Wildman–Crippen MR) is 104 cm³/mol. The first kappa shape index (κ1) is 17.7. The number of carbonyl (C=O) groups is 1. The van der Waals surface area contributed by atoms with Crippen LogP contribution in [0.2, 0.25) is 0 Å². The molecule has 0 atom stereocenters. The summed E-state index contributed by atoms with van der Waals surface area (Å²) >= 11 is 0. The van der Waals surface area contributed by atoms with Crippen LogP contribution in [0.15, 0.2) is 36.7 Å². The van der Waals surface area contributed by atoms with Gasteiger partial charge >= 0.3 is 0 Å². The van der Waals surface area contributed by atoms with E-state index in [9.17, 15) is 4.79 Å². The molecule has 7 heteroatoms. The molecular weight excluding hydrogens is 342 g/mol. The summed E-state index contributed by atoms with van der Waals surface area (Å²) in [5, 5.41) is 0. The first-order valence-electron chi connectivity index (χ1n) is 9.46. The molecule has 0 bridgehead atoms. The van der Waals surface area contributed by atoms with Crippen LogP contribution in [0.4, 0.5) is 11.5 Å². The van der Waals surface area contributed by atoms with E-state index in [4.69, 9.17) is 4.74 Å². The number of aryl methyl sites for hydroxylation is 1. The summed E-state index contributed by atoms with van der Waals surface area (Å²) in [4.78, 5) is 27.7. The lowest BCUT2D eigenvalue weighted by Gasteiger charge is -2.36. The monoisotopic (exact) mass is 367 g/mol. The van der Waals surface area contributed by atoms with Crippen LogP contribution in [0.25, 0.3) is 0 Å². The molecule has 4 rings (SSSR count). The topological polar surface area (TPSA) is 61.8 Å². The second-order valence-electron chi connectivity index (χ2n) is 6.98. The Labute approximate surface area is 159 Å². The summed E-state index contributed by atoms with van der Waals surface area (Å²) in [5.41, 5.74) is 2.95. The number of aromatic nitrogens is 2. The average molecular weight is 367 g/mol. The molecule has 1 aromatic carbocycles. The third kappa shape index (κ3) is 4.03. The van der Waals surface area contributed by atoms with Crippen LogP contribution in [0, 0.1) is 6.92 Å². The normalized spacial score (nSPS) is 17.9. The van der Waals surface area contributed by atoms with Crippen molar-refractivity contribution in [3.8, 4) is 0 Å². The number of amides is 1. The quantitative estimate of drug-likeness (QED) is 0.821. The van der Waals surface area contributed by atoms with Gasteiger partial charge in [0.15, 0.2) is 0 Å². The standard InChI is InChI=1S/C20H25N5O2/c1-16-3-2-4-17(13-16)23-5-7-24(8-6-23)19-15-21-18(14-22-19)20(26)25-9-11-27-12-10-25/h2-4,13-15H,5-12H2,1H3. The van der Waals surface area contributed by atoms with E-state index in [1.165, 1.54) is 11.3 Å². The van der Waals surface area contributed by atoms with Crippen molar-refractivity contribution in [3.05, 3.63) is 47.9 Å². The molecule has 3 heterocycles. The van der Waals surface area contributed by atoms with Gasteiger partial charge in [-0.05, 0) is 24.6 Å². The lowest BCUT2D eigenvalue weighted by atomic mass is 10.2. The summed E-state index contributed by atoms with van der Waals surface area (Å²) < 4.78 is 5.29. The summed E-state index contributed by atoms with van der Waals surface area (Å²) in [6, 6.07) is 8.61. The van der Waals surface area contributed by atoms with Crippen LogP contribution in [0.1, 0.15) is 16.1 Å². The van der Waals surface area contributed by atoms with Crippen LogP contribution in [0.5, 0.6) is 0 Å². The van der Waals surface area contributed by atoms with Crippen molar-refractivity contribution in [3.63, 3.8) is 0 Å². The zero-order valence-electron chi connectivity index (χ0n) is 15.7. The molecule has 0 N–H and O–H groups in total. The molecule has 2 aliphatic heterocycles. The van der Waals surface area contributed by atoms with Crippen molar-refractivity contribution in [2.45, 2.75) is 6.92 Å². The molecule has 2 fully saturated rings. The summed E-state index contributed by atoms with van der Waals surface area (Å²) in [6.07, 6.45) is 3.32. The molecule has 7 nitrogen and oxygen atoms in total. The van der Waals surface area contributed by atoms with Crippen LogP contribution < -0.4 is 9.80 Å². The van der Waals surface area contributed by atoms with Gasteiger partial charge < -0.3 is 19.4 Å². The third-order valence-corrected chi connectivity index (χ3v) is 5.13. The van der Waals surface area contributed by atoms with Gasteiger partial charge in [0, 0.05) is 45.0 Å². The van der Waals surface area contributed by atoms with Gasteiger partial charge in [-0.2, -0.15) is 0 Å². The molecule has 0 radical (unpaired) electrons. The Bertz CT molecular complexity index is 781. The molecule has 0 spiro atoms. The first-order valence-corrected chi connectivity index (χ1v) is 9.46. The smallest absolute Gasteiger partial charge is 0.274 e. The van der Waals surface area contributed by atoms with E-state index < -0.39 is 0 Å². The lowest BCUT2D eigenvalue weighted by Crippen LogP contribution is -2.47. The Hall–Kier alpha value is -2.67. The molecule has 0 unspecified atom stereocenters. The van der Waals surface area contributed by atoms with Gasteiger partial charge in [-0.3, -0.25) is 4.79 Å². The summed E-state index contributed by atoms with van der Waals surface area (Å²) in [6.45, 7) is 8.18. The Morgan fingerprint density at radius 2 is 1.70 bits per heavy atom. The van der Waals surface area contributed by atoms with E-state index in [0.717, 1.165) is 32.0 Å². The maximum Gasteiger partial charge on any atom is 0.274 e. The number of carbonyl (C=O) groups excluding carboxylic acids is 1. The van der Waals surface area contributed by atoms with E-state index >= 15 is 0 Å². The number of nitrogens with zero attached hydrogens (tertiary/aromatic N) is 5. The fourth-order valence-corrected chi connectivity index (χ4v) is 3.54. The summed E-state index contributed by atoms with van der Waals surface area (Å²) in [5.74, 6) is 0.763. The Morgan fingerprint density at radius 1 is 0.963 bits per heavy atom. The number of piperazine rings is 1. The van der Waals surface area contributed by atoms with Crippen molar-refractivity contribution < 1.29 is 9.53 Å². The van der Waals surface area contributed by atoms with Gasteiger partial charge in [0.25, 0.3) is 5.91 Å². The Balaban J connectivity index is 1.36. The molecule has 2 aliphatic rings. The minimum Gasteiger partial charge on any atom is -0.378 e. The fraction of sp³-hybridized carbons (Fsp3) is 0.450. The molecule has 142 valence electrons. The highest BCUT2D eigenvalue weighted by Crippen LogP contribution is 2.20. The Morgan fingerprint density at radius 3 is 2.37 bits per heavy atom. The first-order chi connectivity index (χ1) is 13.2. The van der Waals surface area contributed by atoms with Gasteiger partial charge in [-0.1, -0.05) is 12.1 Å². The van der Waals surface area contributed by atoms with Gasteiger partial charge in [0.2, 0.25) is 0 Å². The molecule has 2 aromatic rings. The number of hydrogen-bond acceptors (Lipinski definition) is 6. The maximum atomic E-state index is 12.5. The molecular formula is C20H25N5O2. The van der Waals surface area contributed by atoms with E-state index in [-0.39, 0.29) is 5.91 Å². The van der Waals surface area contributed by atoms with Gasteiger partial charge in [0.05, 0.1) is 25.6 Å². The van der Waals surface area contributed by atoms with Gasteiger partial charge in [-0.15, -0.1) is 0 Å². The maximum absolute atomic E-state index is 12.5. The molecule has 0 saturated carbocycles. The van der Waals surface area contributed by atoms with Crippen molar-refractivity contribution in [2.24, 2.45) is 0 Å². The fourth-order valence-electron chi connectivity index (χ4n) is 3.54. The second kappa shape index (κ2) is 7.92. The van der Waals surface area contributed by atoms with Crippen LogP contribution in [0.3, 0.4) is 0 Å². The number of hydrogen-bond donors (Lipinski definition) is 0. The number of morpholine rings is 1. The zero-order valence-corrected chi connectivity index (χ0v) is 15.7. The number of ether oxygens (including phenoxy) is 1. The average Bonchev–Trinajstić information content (AvgIpc) is 2.74. The molecule has 0 aliphatic carbocycles. The van der Waals surface area contributed by atoms with E-state index in [1.807, 2.05) is 0 Å². The van der Waals surface area contributed by atoms with Crippen molar-refractivity contribution in [2.75, 3.05) is 62.3 Å². The van der Waals surface area contributed by atoms with E-state index in [1.54, 1.807) is 17.3 Å². The van der Waals surface area contributed by atoms with Crippen LogP contribution in [-0.4, -0.2) is 73.3 Å². The van der Waals surface area contributed by atoms with E-state index in [0.29, 0.717) is 32.0 Å². The number of rotatable bonds is 3. The van der Waals surface area contributed by atoms with E-state index in [2.05, 4.69) is 51.0 Å². The second-order valence-corrected chi connectivity index (χ2v) is 6.98. The minimum absolute atomic E-state index is 0.0679.